The smallest absolute Gasteiger partial charge is 0.252 e. The van der Waals surface area contributed by atoms with E-state index in [1.54, 1.807) is 6.07 Å². The third-order valence-corrected chi connectivity index (χ3v) is 4.69. The zero-order valence-corrected chi connectivity index (χ0v) is 12.8. The van der Waals surface area contributed by atoms with Crippen molar-refractivity contribution in [2.24, 2.45) is 11.1 Å². The first-order chi connectivity index (χ1) is 9.13. The van der Waals surface area contributed by atoms with Crippen molar-refractivity contribution >= 4 is 40.4 Å². The van der Waals surface area contributed by atoms with Crippen LogP contribution >= 0.6 is 22.9 Å². The third-order valence-electron chi connectivity index (χ3n) is 4.18. The molecule has 1 amide bonds. The van der Waals surface area contributed by atoms with E-state index in [-0.39, 0.29) is 0 Å². The van der Waals surface area contributed by atoms with Crippen molar-refractivity contribution in [3.05, 3.63) is 17.7 Å². The van der Waals surface area contributed by atoms with E-state index >= 15 is 0 Å². The molecule has 1 aromatic rings. The van der Waals surface area contributed by atoms with Crippen molar-refractivity contribution in [3.8, 4) is 0 Å². The van der Waals surface area contributed by atoms with E-state index in [1.807, 2.05) is 28.9 Å². The number of piperidine rings is 1. The largest absolute Gasteiger partial charge is 0.365 e. The summed E-state index contributed by atoms with van der Waals surface area (Å²) in [5.41, 5.74) is 6.33. The highest BCUT2D eigenvalue weighted by Crippen LogP contribution is 2.52. The summed E-state index contributed by atoms with van der Waals surface area (Å²) in [6, 6.07) is 3.67. The molecule has 0 aromatic carbocycles. The highest BCUT2D eigenvalue weighted by Gasteiger charge is 2.45. The predicted octanol–water partition coefficient (Wildman–Crippen LogP) is 2.32. The Bertz CT molecular complexity index is 515. The number of nitrogens with two attached hydrogens (primary N) is 1. The van der Waals surface area contributed by atoms with Gasteiger partial charge in [-0.05, 0) is 43.2 Å². The number of anilines is 2. The Morgan fingerprint density at radius 1 is 1.42 bits per heavy atom. The molecule has 0 bridgehead atoms. The van der Waals surface area contributed by atoms with Gasteiger partial charge in [-0.15, -0.1) is 0 Å². The Morgan fingerprint density at radius 3 is 2.84 bits per heavy atom. The second-order valence-electron chi connectivity index (χ2n) is 5.55. The zero-order chi connectivity index (χ0) is 13.5. The Kier molecular flexibility index (Phi) is 3.28. The standard InChI is InChI=1S/C13H17IN4O/c14-17-12-9(11(15)19)2-3-10(16-12)18-7-1-4-13(8-18)5-6-13/h2-3H,1,4-8H2,(H2,15,19)(H,16,17). The molecule has 1 aliphatic carbocycles. The average molecular weight is 372 g/mol. The highest BCUT2D eigenvalue weighted by molar-refractivity contribution is 14.1. The van der Waals surface area contributed by atoms with E-state index in [4.69, 9.17) is 5.73 Å². The molecule has 19 heavy (non-hydrogen) atoms. The number of amides is 1. The maximum Gasteiger partial charge on any atom is 0.252 e. The molecule has 6 heteroatoms. The Balaban J connectivity index is 1.86. The maximum atomic E-state index is 11.3. The van der Waals surface area contributed by atoms with Crippen LogP contribution in [-0.4, -0.2) is 24.0 Å². The summed E-state index contributed by atoms with van der Waals surface area (Å²) in [6.07, 6.45) is 5.27. The minimum Gasteiger partial charge on any atom is -0.365 e. The summed E-state index contributed by atoms with van der Waals surface area (Å²) in [5.74, 6) is 1.05. The van der Waals surface area contributed by atoms with Gasteiger partial charge in [0.1, 0.15) is 11.6 Å². The lowest BCUT2D eigenvalue weighted by molar-refractivity contribution is 0.100. The van der Waals surface area contributed by atoms with Gasteiger partial charge < -0.3 is 14.2 Å². The van der Waals surface area contributed by atoms with Gasteiger partial charge in [-0.25, -0.2) is 4.98 Å². The van der Waals surface area contributed by atoms with Crippen LogP contribution < -0.4 is 14.2 Å². The Labute approximate surface area is 126 Å². The first-order valence-corrected chi connectivity index (χ1v) is 7.64. The van der Waals surface area contributed by atoms with Crippen LogP contribution in [0.15, 0.2) is 12.1 Å². The van der Waals surface area contributed by atoms with Crippen molar-refractivity contribution in [2.45, 2.75) is 25.7 Å². The number of hydrogen-bond acceptors (Lipinski definition) is 4. The van der Waals surface area contributed by atoms with Crippen LogP contribution in [-0.2, 0) is 0 Å². The second-order valence-corrected chi connectivity index (χ2v) is 6.09. The van der Waals surface area contributed by atoms with Gasteiger partial charge in [0.15, 0.2) is 0 Å². The molecule has 1 spiro atoms. The highest BCUT2D eigenvalue weighted by atomic mass is 127. The topological polar surface area (TPSA) is 71.2 Å². The molecule has 1 aliphatic heterocycles. The molecule has 102 valence electrons. The van der Waals surface area contributed by atoms with E-state index in [9.17, 15) is 4.79 Å². The number of halogens is 1. The lowest BCUT2D eigenvalue weighted by atomic mass is 9.95. The fourth-order valence-corrected chi connectivity index (χ4v) is 3.30. The third kappa shape index (κ3) is 2.50. The van der Waals surface area contributed by atoms with E-state index in [1.165, 1.54) is 25.7 Å². The maximum absolute atomic E-state index is 11.3. The monoisotopic (exact) mass is 372 g/mol. The van der Waals surface area contributed by atoms with Gasteiger partial charge in [0.05, 0.1) is 28.4 Å². The summed E-state index contributed by atoms with van der Waals surface area (Å²) in [6.45, 7) is 2.14. The first-order valence-electron chi connectivity index (χ1n) is 6.56. The fraction of sp³-hybridized carbons (Fsp3) is 0.538. The average Bonchev–Trinajstić information content (AvgIpc) is 3.16. The van der Waals surface area contributed by atoms with Gasteiger partial charge in [-0.1, -0.05) is 0 Å². The molecule has 1 saturated carbocycles. The molecular weight excluding hydrogens is 355 g/mol. The number of nitrogens with zero attached hydrogens (tertiary/aromatic N) is 2. The minimum absolute atomic E-state index is 0.441. The van der Waals surface area contributed by atoms with Gasteiger partial charge in [-0.3, -0.25) is 4.79 Å². The van der Waals surface area contributed by atoms with Crippen LogP contribution in [0.3, 0.4) is 0 Å². The number of nitrogens with one attached hydrogen (secondary N) is 1. The van der Waals surface area contributed by atoms with E-state index in [0.717, 1.165) is 18.9 Å². The lowest BCUT2D eigenvalue weighted by Crippen LogP contribution is -2.37. The number of pyridine rings is 1. The fourth-order valence-electron chi connectivity index (χ4n) is 2.88. The van der Waals surface area contributed by atoms with Crippen LogP contribution in [0.25, 0.3) is 0 Å². The summed E-state index contributed by atoms with van der Waals surface area (Å²) in [4.78, 5) is 18.2. The van der Waals surface area contributed by atoms with Crippen LogP contribution in [0.1, 0.15) is 36.0 Å². The van der Waals surface area contributed by atoms with Gasteiger partial charge in [-0.2, -0.15) is 0 Å². The number of primary amides is 1. The molecule has 0 radical (unpaired) electrons. The number of hydrogen-bond donors (Lipinski definition) is 2. The molecule has 1 aromatic heterocycles. The Morgan fingerprint density at radius 2 is 2.21 bits per heavy atom. The normalized spacial score (nSPS) is 20.4. The molecule has 3 rings (SSSR count). The molecule has 3 N–H and O–H groups in total. The Hall–Kier alpha value is -1.05. The quantitative estimate of drug-likeness (QED) is 0.631. The number of carbonyl (C=O) groups excluding carboxylic acids is 1. The molecule has 2 heterocycles. The van der Waals surface area contributed by atoms with E-state index in [2.05, 4.69) is 13.4 Å². The first kappa shape index (κ1) is 13.0. The SMILES string of the molecule is NC(=O)c1ccc(N2CCCC3(CC3)C2)nc1NI. The lowest BCUT2D eigenvalue weighted by Gasteiger charge is -2.34. The van der Waals surface area contributed by atoms with Gasteiger partial charge in [0.2, 0.25) is 0 Å². The predicted molar refractivity (Wildman–Crippen MR) is 83.5 cm³/mol. The zero-order valence-electron chi connectivity index (χ0n) is 10.7. The molecule has 0 unspecified atom stereocenters. The van der Waals surface area contributed by atoms with Crippen molar-refractivity contribution in [3.63, 3.8) is 0 Å². The summed E-state index contributed by atoms with van der Waals surface area (Å²) in [7, 11) is 0. The van der Waals surface area contributed by atoms with Crippen molar-refractivity contribution < 1.29 is 4.79 Å². The van der Waals surface area contributed by atoms with Crippen LogP contribution in [0.4, 0.5) is 11.6 Å². The van der Waals surface area contributed by atoms with Gasteiger partial charge >= 0.3 is 0 Å². The summed E-state index contributed by atoms with van der Waals surface area (Å²) in [5, 5.41) is 0. The van der Waals surface area contributed by atoms with E-state index in [0.29, 0.717) is 16.8 Å². The van der Waals surface area contributed by atoms with Crippen molar-refractivity contribution in [1.82, 2.24) is 4.98 Å². The molecule has 1 saturated heterocycles. The van der Waals surface area contributed by atoms with Gasteiger partial charge in [0.25, 0.3) is 5.91 Å². The van der Waals surface area contributed by atoms with Crippen molar-refractivity contribution in [2.75, 3.05) is 21.5 Å². The molecule has 2 fully saturated rings. The van der Waals surface area contributed by atoms with Crippen LogP contribution in [0, 0.1) is 5.41 Å². The second kappa shape index (κ2) is 4.81. The van der Waals surface area contributed by atoms with Gasteiger partial charge in [0, 0.05) is 13.1 Å². The van der Waals surface area contributed by atoms with Crippen molar-refractivity contribution in [1.29, 1.82) is 0 Å². The molecular formula is C13H17IN4O. The van der Waals surface area contributed by atoms with E-state index < -0.39 is 5.91 Å². The molecule has 0 atom stereocenters. The minimum atomic E-state index is -0.449. The van der Waals surface area contributed by atoms with Crippen LogP contribution in [0.2, 0.25) is 0 Å². The molecule has 5 nitrogen and oxygen atoms in total. The number of carbonyl (C=O) groups is 1. The molecule has 2 aliphatic rings. The number of rotatable bonds is 3. The summed E-state index contributed by atoms with van der Waals surface area (Å²) < 4.78 is 2.92. The number of aromatic nitrogens is 1. The summed E-state index contributed by atoms with van der Waals surface area (Å²) >= 11 is 1.98. The van der Waals surface area contributed by atoms with Crippen LogP contribution in [0.5, 0.6) is 0 Å².